The summed E-state index contributed by atoms with van der Waals surface area (Å²) >= 11 is 0. The highest BCUT2D eigenvalue weighted by molar-refractivity contribution is 6.03. The number of allylic oxidation sites excluding steroid dienone is 1. The number of carbonyl (C=O) groups is 1. The van der Waals surface area contributed by atoms with Gasteiger partial charge in [-0.3, -0.25) is 9.69 Å². The first kappa shape index (κ1) is 48.7. The van der Waals surface area contributed by atoms with E-state index in [1.807, 2.05) is 36.4 Å². The molecule has 10 nitrogen and oxygen atoms in total. The Kier molecular flexibility index (Phi) is 19.9. The molecule has 2 N–H and O–H groups in total. The van der Waals surface area contributed by atoms with E-state index in [1.54, 1.807) is 6.08 Å². The number of hydrogen-bond donors (Lipinski definition) is 2. The molecule has 0 aromatic heterocycles. The standard InChI is InChI=1S/C53H79N3O7/c1-4-7-8-9-10-11-12-13-17-26-50(59)56(29-5-2)49-39-47(54-62-40-41-22-15-14-16-23-41)45-37-42(24-18-20-33-57)44(25-19-21-34-58)51-46-38-43(60-36-32-55-30-31-55)27-28-48(46)63-53(49,52(45)51)61-35-6-3/h6,14-16,22-23,27-28,37-38,42,44,49,51-52,57-58H,3-5,7-13,17-21,24-26,29-36,39-40H2,1-2H3/t42-,44+,49-,51+,52+,53+/m0/s1. The predicted molar refractivity (Wildman–Crippen MR) is 252 cm³/mol. The van der Waals surface area contributed by atoms with Gasteiger partial charge in [-0.2, -0.15) is 0 Å². The van der Waals surface area contributed by atoms with Crippen LogP contribution in [0.1, 0.15) is 146 Å². The van der Waals surface area contributed by atoms with Gasteiger partial charge in [-0.05, 0) is 79.7 Å². The van der Waals surface area contributed by atoms with E-state index in [2.05, 4.69) is 48.4 Å². The quantitative estimate of drug-likeness (QED) is 0.0333. The molecule has 2 aromatic rings. The average Bonchev–Trinajstić information content (AvgIpc) is 4.13. The van der Waals surface area contributed by atoms with Gasteiger partial charge in [-0.1, -0.05) is 126 Å². The summed E-state index contributed by atoms with van der Waals surface area (Å²) in [7, 11) is 0. The monoisotopic (exact) mass is 870 g/mol. The molecule has 6 atom stereocenters. The summed E-state index contributed by atoms with van der Waals surface area (Å²) in [4.78, 5) is 25.5. The lowest BCUT2D eigenvalue weighted by molar-refractivity contribution is -0.257. The van der Waals surface area contributed by atoms with E-state index in [1.165, 1.54) is 38.5 Å². The average molecular weight is 870 g/mol. The number of ether oxygens (including phenoxy) is 3. The molecule has 0 spiro atoms. The van der Waals surface area contributed by atoms with Crippen LogP contribution in [-0.2, 0) is 21.0 Å². The number of aliphatic hydroxyl groups is 2. The van der Waals surface area contributed by atoms with Gasteiger partial charge >= 0.3 is 0 Å². The SMILES string of the molecule is C=CCO[C@@]12Oc3ccc(OCCN4CC4)cc3[C@H]3[C@H](CCCCO)[C@@H](CCCCO)C=C(C(=NOCc4ccccc4)C[C@@H]1N(CCC)C(=O)CCCCCCCCCCC)[C@H]32. The summed E-state index contributed by atoms with van der Waals surface area (Å²) in [5, 5.41) is 25.0. The van der Waals surface area contributed by atoms with Crippen LogP contribution in [0.2, 0.25) is 0 Å². The summed E-state index contributed by atoms with van der Waals surface area (Å²) in [5.74, 6) is 0.375. The fourth-order valence-electron chi connectivity index (χ4n) is 10.5. The molecule has 1 saturated carbocycles. The lowest BCUT2D eigenvalue weighted by Gasteiger charge is -2.60. The van der Waals surface area contributed by atoms with Crippen LogP contribution in [-0.4, -0.2) is 96.1 Å². The number of oxime groups is 1. The number of carbonyl (C=O) groups excluding carboxylic acids is 1. The molecule has 348 valence electrons. The van der Waals surface area contributed by atoms with E-state index < -0.39 is 11.8 Å². The second-order valence-corrected chi connectivity index (χ2v) is 18.4. The van der Waals surface area contributed by atoms with Crippen molar-refractivity contribution in [3.05, 3.63) is 84.0 Å². The second-order valence-electron chi connectivity index (χ2n) is 18.4. The molecule has 10 heteroatoms. The van der Waals surface area contributed by atoms with Gasteiger partial charge in [-0.25, -0.2) is 0 Å². The minimum absolute atomic E-state index is 0.0786. The van der Waals surface area contributed by atoms with Crippen molar-refractivity contribution in [3.8, 4) is 11.5 Å². The highest BCUT2D eigenvalue weighted by Crippen LogP contribution is 2.62. The van der Waals surface area contributed by atoms with Crippen molar-refractivity contribution >= 4 is 11.6 Å². The van der Waals surface area contributed by atoms with Crippen molar-refractivity contribution in [1.29, 1.82) is 0 Å². The molecule has 2 aliphatic heterocycles. The predicted octanol–water partition coefficient (Wildman–Crippen LogP) is 10.4. The number of unbranched alkanes of at least 4 members (excludes halogenated alkanes) is 10. The number of aliphatic hydroxyl groups excluding tert-OH is 2. The van der Waals surface area contributed by atoms with Gasteiger partial charge in [-0.15, -0.1) is 6.58 Å². The third kappa shape index (κ3) is 13.2. The zero-order chi connectivity index (χ0) is 44.3. The van der Waals surface area contributed by atoms with Gasteiger partial charge in [0.1, 0.15) is 30.8 Å². The van der Waals surface area contributed by atoms with Crippen molar-refractivity contribution < 1.29 is 34.1 Å². The normalized spacial score (nSPS) is 24.2. The molecule has 4 aliphatic rings. The maximum atomic E-state index is 14.8. The van der Waals surface area contributed by atoms with Crippen LogP contribution in [0.3, 0.4) is 0 Å². The van der Waals surface area contributed by atoms with E-state index in [-0.39, 0.29) is 49.4 Å². The van der Waals surface area contributed by atoms with Crippen molar-refractivity contribution in [2.24, 2.45) is 22.9 Å². The highest BCUT2D eigenvalue weighted by Gasteiger charge is 2.65. The van der Waals surface area contributed by atoms with Gasteiger partial charge in [0.15, 0.2) is 0 Å². The topological polar surface area (TPSA) is 113 Å². The zero-order valence-electron chi connectivity index (χ0n) is 38.7. The molecule has 1 saturated heterocycles. The Morgan fingerprint density at radius 1 is 0.921 bits per heavy atom. The smallest absolute Gasteiger partial charge is 0.239 e. The van der Waals surface area contributed by atoms with Crippen LogP contribution in [0.15, 0.2) is 78.0 Å². The molecular weight excluding hydrogens is 791 g/mol. The number of hydrogen-bond acceptors (Lipinski definition) is 9. The molecule has 0 radical (unpaired) electrons. The second kappa shape index (κ2) is 25.7. The third-order valence-electron chi connectivity index (χ3n) is 13.8. The van der Waals surface area contributed by atoms with E-state index in [9.17, 15) is 15.0 Å². The Morgan fingerprint density at radius 2 is 1.65 bits per heavy atom. The summed E-state index contributed by atoms with van der Waals surface area (Å²) in [6, 6.07) is 15.9. The molecule has 6 rings (SSSR count). The number of rotatable bonds is 31. The fraction of sp³-hybridized carbons (Fsp3) is 0.660. The molecule has 2 heterocycles. The Morgan fingerprint density at radius 3 is 2.35 bits per heavy atom. The first-order valence-corrected chi connectivity index (χ1v) is 24.9. The Hall–Kier alpha value is -3.70. The van der Waals surface area contributed by atoms with Crippen LogP contribution in [0.25, 0.3) is 0 Å². The van der Waals surface area contributed by atoms with Crippen LogP contribution >= 0.6 is 0 Å². The van der Waals surface area contributed by atoms with Gasteiger partial charge in [0.05, 0.1) is 18.2 Å². The Labute approximate surface area is 379 Å². The van der Waals surface area contributed by atoms with Gasteiger partial charge < -0.3 is 34.2 Å². The van der Waals surface area contributed by atoms with Gasteiger partial charge in [0.2, 0.25) is 11.7 Å². The molecule has 0 unspecified atom stereocenters. The first-order valence-electron chi connectivity index (χ1n) is 24.9. The third-order valence-corrected chi connectivity index (χ3v) is 13.8. The molecule has 2 aliphatic carbocycles. The highest BCUT2D eigenvalue weighted by atomic mass is 16.7. The summed E-state index contributed by atoms with van der Waals surface area (Å²) in [6.45, 7) is 13.7. The molecule has 1 amide bonds. The van der Waals surface area contributed by atoms with Crippen molar-refractivity contribution in [2.75, 3.05) is 52.6 Å². The number of nitrogens with zero attached hydrogens (tertiary/aromatic N) is 3. The lowest BCUT2D eigenvalue weighted by Crippen LogP contribution is -2.70. The Bertz CT molecular complexity index is 1750. The Balaban J connectivity index is 1.43. The minimum atomic E-state index is -1.24. The van der Waals surface area contributed by atoms with Crippen molar-refractivity contribution in [2.45, 2.75) is 154 Å². The fourth-order valence-corrected chi connectivity index (χ4v) is 10.5. The number of fused-ring (bicyclic) bond motifs is 2. The summed E-state index contributed by atoms with van der Waals surface area (Å²) < 4.78 is 21.1. The van der Waals surface area contributed by atoms with Crippen LogP contribution in [0.4, 0.5) is 0 Å². The first-order chi connectivity index (χ1) is 31.0. The van der Waals surface area contributed by atoms with E-state index in [4.69, 9.17) is 24.2 Å². The molecule has 63 heavy (non-hydrogen) atoms. The van der Waals surface area contributed by atoms with Crippen molar-refractivity contribution in [3.63, 3.8) is 0 Å². The number of amides is 1. The van der Waals surface area contributed by atoms with Crippen LogP contribution in [0, 0.1) is 17.8 Å². The van der Waals surface area contributed by atoms with E-state index in [0.29, 0.717) is 32.6 Å². The molecule has 2 fully saturated rings. The maximum absolute atomic E-state index is 14.8. The summed E-state index contributed by atoms with van der Waals surface area (Å²) in [5.41, 5.74) is 4.01. The van der Waals surface area contributed by atoms with Crippen molar-refractivity contribution in [1.82, 2.24) is 9.80 Å². The lowest BCUT2D eigenvalue weighted by atomic mass is 9.55. The molecule has 2 aromatic carbocycles. The van der Waals surface area contributed by atoms with E-state index in [0.717, 1.165) is 118 Å². The summed E-state index contributed by atoms with van der Waals surface area (Å²) in [6.07, 6.45) is 21.6. The maximum Gasteiger partial charge on any atom is 0.239 e. The molecular formula is C53H79N3O7. The molecule has 0 bridgehead atoms. The largest absolute Gasteiger partial charge is 0.492 e. The van der Waals surface area contributed by atoms with Gasteiger partial charge in [0, 0.05) is 63.7 Å². The van der Waals surface area contributed by atoms with Crippen LogP contribution < -0.4 is 9.47 Å². The van der Waals surface area contributed by atoms with Gasteiger partial charge in [0.25, 0.3) is 0 Å². The minimum Gasteiger partial charge on any atom is -0.492 e. The van der Waals surface area contributed by atoms with E-state index >= 15 is 0 Å². The number of benzene rings is 2. The zero-order valence-corrected chi connectivity index (χ0v) is 38.7. The van der Waals surface area contributed by atoms with Crippen LogP contribution in [0.5, 0.6) is 11.5 Å².